The number of amides is 1. The number of carbonyl (C=O) groups excluding carboxylic acids is 1. The zero-order chi connectivity index (χ0) is 13.8. The van der Waals surface area contributed by atoms with E-state index in [-0.39, 0.29) is 17.9 Å². The number of H-pyrrole nitrogens is 1. The summed E-state index contributed by atoms with van der Waals surface area (Å²) in [7, 11) is 0. The van der Waals surface area contributed by atoms with Gasteiger partial charge in [-0.25, -0.2) is 4.79 Å². The van der Waals surface area contributed by atoms with Crippen molar-refractivity contribution in [2.24, 2.45) is 0 Å². The van der Waals surface area contributed by atoms with E-state index in [0.717, 1.165) is 0 Å². The summed E-state index contributed by atoms with van der Waals surface area (Å²) in [5.74, 6) is -1.42. The predicted molar refractivity (Wildman–Crippen MR) is 63.9 cm³/mol. The van der Waals surface area contributed by atoms with E-state index < -0.39 is 11.9 Å². The lowest BCUT2D eigenvalue weighted by atomic mass is 10.2. The first kappa shape index (κ1) is 12.6. The molecule has 7 nitrogen and oxygen atoms in total. The second kappa shape index (κ2) is 5.21. The van der Waals surface area contributed by atoms with Crippen molar-refractivity contribution >= 4 is 11.9 Å². The minimum absolute atomic E-state index is 0.0608. The van der Waals surface area contributed by atoms with Gasteiger partial charge in [-0.15, -0.1) is 0 Å². The van der Waals surface area contributed by atoms with Crippen LogP contribution in [0.25, 0.3) is 0 Å². The van der Waals surface area contributed by atoms with Crippen molar-refractivity contribution in [3.8, 4) is 0 Å². The fourth-order valence-electron chi connectivity index (χ4n) is 1.41. The van der Waals surface area contributed by atoms with Gasteiger partial charge in [0.2, 0.25) is 11.3 Å². The van der Waals surface area contributed by atoms with Crippen molar-refractivity contribution < 1.29 is 19.1 Å². The lowest BCUT2D eigenvalue weighted by molar-refractivity contribution is 0.0660. The van der Waals surface area contributed by atoms with Crippen molar-refractivity contribution in [2.75, 3.05) is 0 Å². The molecule has 0 radical (unpaired) electrons. The summed E-state index contributed by atoms with van der Waals surface area (Å²) in [6, 6.07) is 5.41. The number of rotatable bonds is 4. The summed E-state index contributed by atoms with van der Waals surface area (Å²) in [6.07, 6.45) is 1.29. The number of nitrogens with one attached hydrogen (secondary N) is 2. The molecule has 2 rings (SSSR count). The molecule has 0 unspecified atom stereocenters. The first-order valence-electron chi connectivity index (χ1n) is 5.35. The Morgan fingerprint density at radius 3 is 2.63 bits per heavy atom. The normalized spacial score (nSPS) is 10.1. The summed E-state index contributed by atoms with van der Waals surface area (Å²) >= 11 is 0. The number of hydrogen-bond donors (Lipinski definition) is 3. The fourth-order valence-corrected chi connectivity index (χ4v) is 1.41. The van der Waals surface area contributed by atoms with Gasteiger partial charge in [0.05, 0.1) is 12.1 Å². The third-order valence-corrected chi connectivity index (χ3v) is 2.34. The third-order valence-electron chi connectivity index (χ3n) is 2.34. The average Bonchev–Trinajstić information content (AvgIpc) is 2.86. The van der Waals surface area contributed by atoms with Crippen molar-refractivity contribution in [2.45, 2.75) is 6.54 Å². The fraction of sp³-hybridized carbons (Fsp3) is 0.0833. The molecule has 0 aliphatic carbocycles. The SMILES string of the molecule is O=C(NCc1ccc(C(=O)O)o1)c1ccc(=O)[nH]c1. The number of furan rings is 1. The number of aromatic carboxylic acids is 1. The third kappa shape index (κ3) is 3.09. The van der Waals surface area contributed by atoms with Gasteiger partial charge in [-0.05, 0) is 18.2 Å². The maximum absolute atomic E-state index is 11.7. The summed E-state index contributed by atoms with van der Waals surface area (Å²) in [5, 5.41) is 11.2. The molecule has 0 atom stereocenters. The van der Waals surface area contributed by atoms with E-state index in [1.807, 2.05) is 0 Å². The van der Waals surface area contributed by atoms with Gasteiger partial charge >= 0.3 is 5.97 Å². The van der Waals surface area contributed by atoms with Gasteiger partial charge in [0.25, 0.3) is 5.91 Å². The molecule has 2 aromatic rings. The van der Waals surface area contributed by atoms with Crippen LogP contribution in [-0.2, 0) is 6.54 Å². The van der Waals surface area contributed by atoms with E-state index in [1.165, 1.54) is 30.5 Å². The zero-order valence-corrected chi connectivity index (χ0v) is 9.67. The Morgan fingerprint density at radius 1 is 1.26 bits per heavy atom. The highest BCUT2D eigenvalue weighted by molar-refractivity contribution is 5.93. The molecule has 3 N–H and O–H groups in total. The molecule has 98 valence electrons. The molecule has 1 amide bonds. The minimum atomic E-state index is -1.17. The van der Waals surface area contributed by atoms with Crippen LogP contribution in [0.3, 0.4) is 0 Å². The molecule has 0 spiro atoms. The Bertz CT molecular complexity index is 650. The Morgan fingerprint density at radius 2 is 2.05 bits per heavy atom. The van der Waals surface area contributed by atoms with Crippen LogP contribution in [0, 0.1) is 0 Å². The van der Waals surface area contributed by atoms with E-state index in [0.29, 0.717) is 11.3 Å². The highest BCUT2D eigenvalue weighted by atomic mass is 16.4. The first-order valence-corrected chi connectivity index (χ1v) is 5.35. The average molecular weight is 262 g/mol. The van der Waals surface area contributed by atoms with Crippen molar-refractivity contribution in [3.63, 3.8) is 0 Å². The van der Waals surface area contributed by atoms with Gasteiger partial charge in [-0.2, -0.15) is 0 Å². The molecular weight excluding hydrogens is 252 g/mol. The van der Waals surface area contributed by atoms with Crippen LogP contribution in [0.1, 0.15) is 26.7 Å². The monoisotopic (exact) mass is 262 g/mol. The molecule has 19 heavy (non-hydrogen) atoms. The van der Waals surface area contributed by atoms with Crippen molar-refractivity contribution in [3.05, 3.63) is 57.9 Å². The summed E-state index contributed by atoms with van der Waals surface area (Å²) in [5.41, 5.74) is -0.00158. The van der Waals surface area contributed by atoms with Crippen LogP contribution in [0.4, 0.5) is 0 Å². The van der Waals surface area contributed by atoms with Crippen molar-refractivity contribution in [1.82, 2.24) is 10.3 Å². The van der Waals surface area contributed by atoms with E-state index in [2.05, 4.69) is 10.3 Å². The highest BCUT2D eigenvalue weighted by Crippen LogP contribution is 2.07. The summed E-state index contributed by atoms with van der Waals surface area (Å²) in [4.78, 5) is 35.5. The molecular formula is C12H10N2O5. The number of hydrogen-bond acceptors (Lipinski definition) is 4. The second-order valence-electron chi connectivity index (χ2n) is 3.70. The molecule has 0 bridgehead atoms. The standard InChI is InChI=1S/C12H10N2O5/c15-10-4-1-7(5-13-10)11(16)14-6-8-2-3-9(19-8)12(17)18/h1-5H,6H2,(H,13,15)(H,14,16)(H,17,18). The summed E-state index contributed by atoms with van der Waals surface area (Å²) in [6.45, 7) is 0.0608. The molecule has 0 saturated heterocycles. The van der Waals surface area contributed by atoms with E-state index in [9.17, 15) is 14.4 Å². The second-order valence-corrected chi connectivity index (χ2v) is 3.70. The van der Waals surface area contributed by atoms with Crippen LogP contribution in [0.5, 0.6) is 0 Å². The molecule has 7 heteroatoms. The van der Waals surface area contributed by atoms with Gasteiger partial charge in [0, 0.05) is 12.3 Å². The summed E-state index contributed by atoms with van der Waals surface area (Å²) < 4.78 is 4.98. The number of carboxylic acids is 1. The van der Waals surface area contributed by atoms with Gasteiger partial charge in [-0.1, -0.05) is 0 Å². The minimum Gasteiger partial charge on any atom is -0.475 e. The Labute approximate surface area is 106 Å². The molecule has 0 aliphatic rings. The number of aromatic amines is 1. The topological polar surface area (TPSA) is 112 Å². The lowest BCUT2D eigenvalue weighted by Gasteiger charge is -2.02. The van der Waals surface area contributed by atoms with Crippen LogP contribution in [0.15, 0.2) is 39.7 Å². The van der Waals surface area contributed by atoms with Gasteiger partial charge in [0.15, 0.2) is 0 Å². The smallest absolute Gasteiger partial charge is 0.371 e. The van der Waals surface area contributed by atoms with Gasteiger partial charge in [0.1, 0.15) is 5.76 Å². The largest absolute Gasteiger partial charge is 0.475 e. The highest BCUT2D eigenvalue weighted by Gasteiger charge is 2.10. The number of carboxylic acid groups (broad SMARTS) is 1. The maximum atomic E-state index is 11.7. The van der Waals surface area contributed by atoms with Crippen LogP contribution < -0.4 is 10.9 Å². The zero-order valence-electron chi connectivity index (χ0n) is 9.67. The van der Waals surface area contributed by atoms with Crippen LogP contribution in [0.2, 0.25) is 0 Å². The van der Waals surface area contributed by atoms with Gasteiger partial charge in [-0.3, -0.25) is 9.59 Å². The van der Waals surface area contributed by atoms with E-state index in [1.54, 1.807) is 0 Å². The number of carbonyl (C=O) groups is 2. The first-order chi connectivity index (χ1) is 9.06. The lowest BCUT2D eigenvalue weighted by Crippen LogP contribution is -2.23. The van der Waals surface area contributed by atoms with E-state index >= 15 is 0 Å². The van der Waals surface area contributed by atoms with Crippen LogP contribution in [-0.4, -0.2) is 22.0 Å². The van der Waals surface area contributed by atoms with Gasteiger partial charge < -0.3 is 19.8 Å². The van der Waals surface area contributed by atoms with Crippen LogP contribution >= 0.6 is 0 Å². The number of pyridine rings is 1. The Hall–Kier alpha value is -2.83. The quantitative estimate of drug-likeness (QED) is 0.746. The molecule has 2 aromatic heterocycles. The Balaban J connectivity index is 1.98. The molecule has 0 aliphatic heterocycles. The maximum Gasteiger partial charge on any atom is 0.371 e. The molecule has 2 heterocycles. The predicted octanol–water partition coefficient (Wildman–Crippen LogP) is 0.596. The molecule has 0 fully saturated rings. The molecule has 0 aromatic carbocycles. The number of aromatic nitrogens is 1. The molecule has 0 saturated carbocycles. The Kier molecular flexibility index (Phi) is 3.46. The van der Waals surface area contributed by atoms with E-state index in [4.69, 9.17) is 9.52 Å². The van der Waals surface area contributed by atoms with Crippen molar-refractivity contribution in [1.29, 1.82) is 0 Å².